The fraction of sp³-hybridized carbons (Fsp3) is 0.360. The number of ether oxygens (including phenoxy) is 2. The Kier molecular flexibility index (Phi) is 6.55. The van der Waals surface area contributed by atoms with E-state index < -0.39 is 23.5 Å². The highest BCUT2D eigenvalue weighted by Crippen LogP contribution is 2.40. The molecule has 1 saturated heterocycles. The van der Waals surface area contributed by atoms with Crippen LogP contribution in [-0.4, -0.2) is 61.1 Å². The van der Waals surface area contributed by atoms with E-state index in [2.05, 4.69) is 13.8 Å². The molecule has 2 aromatic rings. The molecule has 0 aromatic heterocycles. The van der Waals surface area contributed by atoms with Crippen LogP contribution in [0, 0.1) is 0 Å². The van der Waals surface area contributed by atoms with Gasteiger partial charge in [-0.2, -0.15) is 0 Å². The van der Waals surface area contributed by atoms with E-state index in [-0.39, 0.29) is 16.9 Å². The van der Waals surface area contributed by atoms with Crippen molar-refractivity contribution in [3.8, 4) is 17.2 Å². The predicted molar refractivity (Wildman–Crippen MR) is 119 cm³/mol. The van der Waals surface area contributed by atoms with Gasteiger partial charge in [-0.05, 0) is 49.2 Å². The summed E-state index contributed by atoms with van der Waals surface area (Å²) in [5.41, 5.74) is 0.651. The minimum absolute atomic E-state index is 0.000237. The minimum atomic E-state index is -0.868. The maximum absolute atomic E-state index is 13.6. The number of hydrogen-bond acceptors (Lipinski definition) is 6. The smallest absolute Gasteiger partial charge is 0.295 e. The first-order valence-corrected chi connectivity index (χ1v) is 11.2. The lowest BCUT2D eigenvalue weighted by atomic mass is 9.95. The molecule has 2 aromatic carbocycles. The number of nitrogens with one attached hydrogen (secondary N) is 1. The standard InChI is InChI=1S/C25H28N2O6/c1-3-26(4-2)10-11-27-22(16-6-5-7-18(28)14-16)21(24(30)25(27)31)23(29)17-8-9-19-20(15-17)33-13-12-32-19/h5-9,14-15,22,28-29H,3-4,10-13H2,1-2H3/b23-21+. The normalized spacial score (nSPS) is 19.4. The van der Waals surface area contributed by atoms with Crippen LogP contribution in [-0.2, 0) is 9.59 Å². The molecule has 8 nitrogen and oxygen atoms in total. The molecular weight excluding hydrogens is 424 g/mol. The Morgan fingerprint density at radius 2 is 1.82 bits per heavy atom. The number of likely N-dealkylation sites (N-methyl/N-ethyl adjacent to an activating group) is 1. The molecule has 0 radical (unpaired) electrons. The van der Waals surface area contributed by atoms with Gasteiger partial charge >= 0.3 is 0 Å². The van der Waals surface area contributed by atoms with Crippen LogP contribution in [0.4, 0.5) is 0 Å². The molecule has 2 aliphatic rings. The second kappa shape index (κ2) is 9.54. The van der Waals surface area contributed by atoms with E-state index in [1.807, 2.05) is 0 Å². The van der Waals surface area contributed by atoms with Crippen LogP contribution in [0.15, 0.2) is 48.0 Å². The fourth-order valence-corrected chi connectivity index (χ4v) is 4.36. The van der Waals surface area contributed by atoms with Gasteiger partial charge in [0.1, 0.15) is 19.0 Å². The number of phenols is 1. The van der Waals surface area contributed by atoms with Crippen molar-refractivity contribution in [1.82, 2.24) is 4.90 Å². The SMILES string of the molecule is CC[NH+](CC)CCN1C(=O)C(=O)/C(=C(/[O-])c2ccc3c(c2)OCCO3)C1c1cccc(O)c1. The van der Waals surface area contributed by atoms with Crippen LogP contribution in [0.25, 0.3) is 5.76 Å². The molecule has 33 heavy (non-hydrogen) atoms. The maximum Gasteiger partial charge on any atom is 0.295 e. The van der Waals surface area contributed by atoms with Crippen molar-refractivity contribution in [1.29, 1.82) is 0 Å². The second-order valence-electron chi connectivity index (χ2n) is 8.13. The molecule has 1 unspecified atom stereocenters. The van der Waals surface area contributed by atoms with E-state index in [9.17, 15) is 19.8 Å². The van der Waals surface area contributed by atoms with E-state index in [4.69, 9.17) is 9.47 Å². The number of quaternary nitrogens is 1. The molecule has 1 fully saturated rings. The summed E-state index contributed by atoms with van der Waals surface area (Å²) in [4.78, 5) is 28.9. The third kappa shape index (κ3) is 4.39. The van der Waals surface area contributed by atoms with Gasteiger partial charge < -0.3 is 29.5 Å². The molecule has 0 saturated carbocycles. The Bertz CT molecular complexity index is 1090. The molecule has 2 aliphatic heterocycles. The Balaban J connectivity index is 1.79. The van der Waals surface area contributed by atoms with Gasteiger partial charge in [-0.25, -0.2) is 0 Å². The first-order valence-electron chi connectivity index (χ1n) is 11.2. The summed E-state index contributed by atoms with van der Waals surface area (Å²) in [6, 6.07) is 10.2. The Morgan fingerprint density at radius 1 is 1.09 bits per heavy atom. The Morgan fingerprint density at radius 3 is 2.52 bits per heavy atom. The Labute approximate surface area is 192 Å². The number of aromatic hydroxyl groups is 1. The molecule has 1 atom stereocenters. The van der Waals surface area contributed by atoms with E-state index >= 15 is 0 Å². The van der Waals surface area contributed by atoms with Gasteiger partial charge in [0.25, 0.3) is 5.91 Å². The van der Waals surface area contributed by atoms with Gasteiger partial charge in [0, 0.05) is 5.57 Å². The summed E-state index contributed by atoms with van der Waals surface area (Å²) in [5, 5.41) is 23.6. The summed E-state index contributed by atoms with van der Waals surface area (Å²) < 4.78 is 11.1. The van der Waals surface area contributed by atoms with Crippen LogP contribution in [0.5, 0.6) is 17.2 Å². The molecule has 2 N–H and O–H groups in total. The predicted octanol–water partition coefficient (Wildman–Crippen LogP) is 0.312. The van der Waals surface area contributed by atoms with E-state index in [0.717, 1.165) is 13.1 Å². The highest BCUT2D eigenvalue weighted by atomic mass is 16.6. The lowest BCUT2D eigenvalue weighted by molar-refractivity contribution is -0.895. The highest BCUT2D eigenvalue weighted by molar-refractivity contribution is 6.46. The summed E-state index contributed by atoms with van der Waals surface area (Å²) in [6.07, 6.45) is 0. The van der Waals surface area contributed by atoms with Crippen molar-refractivity contribution in [2.75, 3.05) is 39.4 Å². The number of amides is 1. The summed E-state index contributed by atoms with van der Waals surface area (Å²) in [7, 11) is 0. The second-order valence-corrected chi connectivity index (χ2v) is 8.13. The highest BCUT2D eigenvalue weighted by Gasteiger charge is 2.44. The van der Waals surface area contributed by atoms with E-state index in [1.165, 1.54) is 21.9 Å². The molecule has 0 spiro atoms. The average molecular weight is 453 g/mol. The summed E-state index contributed by atoms with van der Waals surface area (Å²) >= 11 is 0. The van der Waals surface area contributed by atoms with Crippen molar-refractivity contribution in [3.63, 3.8) is 0 Å². The third-order valence-electron chi connectivity index (χ3n) is 6.23. The zero-order valence-corrected chi connectivity index (χ0v) is 18.8. The molecule has 8 heteroatoms. The number of benzene rings is 2. The van der Waals surface area contributed by atoms with E-state index in [1.54, 1.807) is 30.3 Å². The monoisotopic (exact) mass is 452 g/mol. The van der Waals surface area contributed by atoms with Crippen LogP contribution in [0.2, 0.25) is 0 Å². The first kappa shape index (κ1) is 22.7. The lowest BCUT2D eigenvalue weighted by Crippen LogP contribution is -3.12. The molecule has 0 aliphatic carbocycles. The molecule has 2 heterocycles. The maximum atomic E-state index is 13.6. The number of likely N-dealkylation sites (tertiary alicyclic amines) is 1. The fourth-order valence-electron chi connectivity index (χ4n) is 4.36. The molecule has 0 bridgehead atoms. The quantitative estimate of drug-likeness (QED) is 0.356. The summed E-state index contributed by atoms with van der Waals surface area (Å²) in [5.74, 6) is -1.07. The van der Waals surface area contributed by atoms with Gasteiger partial charge in [0.2, 0.25) is 5.78 Å². The molecular formula is C25H28N2O6. The number of rotatable bonds is 7. The number of hydrogen-bond donors (Lipinski definition) is 2. The number of nitrogens with zero attached hydrogens (tertiary/aromatic N) is 1. The number of Topliss-reactive ketones (excluding diaryl/α,β-unsaturated/α-hetero) is 1. The van der Waals surface area contributed by atoms with Gasteiger partial charge in [0.15, 0.2) is 11.5 Å². The van der Waals surface area contributed by atoms with Crippen LogP contribution in [0.3, 0.4) is 0 Å². The molecule has 174 valence electrons. The average Bonchev–Trinajstić information content (AvgIpc) is 3.09. The van der Waals surface area contributed by atoms with Gasteiger partial charge in [-0.1, -0.05) is 24.0 Å². The lowest BCUT2D eigenvalue weighted by Gasteiger charge is -2.29. The number of carbonyl (C=O) groups excluding carboxylic acids is 2. The summed E-state index contributed by atoms with van der Waals surface area (Å²) in [6.45, 7) is 7.65. The van der Waals surface area contributed by atoms with Gasteiger partial charge in [-0.3, -0.25) is 9.59 Å². The minimum Gasteiger partial charge on any atom is -0.872 e. The van der Waals surface area contributed by atoms with Crippen molar-refractivity contribution >= 4 is 17.4 Å². The number of carbonyl (C=O) groups is 2. The number of phenolic OH excluding ortho intramolecular Hbond substituents is 1. The Hall–Kier alpha value is -3.52. The van der Waals surface area contributed by atoms with Crippen LogP contribution < -0.4 is 19.5 Å². The van der Waals surface area contributed by atoms with Crippen molar-refractivity contribution < 1.29 is 34.2 Å². The molecule has 4 rings (SSSR count). The zero-order chi connectivity index (χ0) is 23.5. The van der Waals surface area contributed by atoms with Gasteiger partial charge in [0.05, 0.1) is 32.2 Å². The van der Waals surface area contributed by atoms with Crippen molar-refractivity contribution in [3.05, 3.63) is 59.2 Å². The zero-order valence-electron chi connectivity index (χ0n) is 18.8. The molecule has 1 amide bonds. The number of fused-ring (bicyclic) bond motifs is 1. The van der Waals surface area contributed by atoms with Crippen LogP contribution >= 0.6 is 0 Å². The largest absolute Gasteiger partial charge is 0.872 e. The van der Waals surface area contributed by atoms with Crippen LogP contribution in [0.1, 0.15) is 31.0 Å². The number of ketones is 1. The van der Waals surface area contributed by atoms with Crippen molar-refractivity contribution in [2.24, 2.45) is 0 Å². The first-order chi connectivity index (χ1) is 15.9. The van der Waals surface area contributed by atoms with Crippen molar-refractivity contribution in [2.45, 2.75) is 19.9 Å². The topological polar surface area (TPSA) is 104 Å². The van der Waals surface area contributed by atoms with E-state index in [0.29, 0.717) is 43.4 Å². The third-order valence-corrected chi connectivity index (χ3v) is 6.23. The van der Waals surface area contributed by atoms with Gasteiger partial charge in [-0.15, -0.1) is 0 Å².